The molecule has 0 N–H and O–H groups in total. The Morgan fingerprint density at radius 1 is 1.62 bits per heavy atom. The molecule has 5 heteroatoms. The molecule has 0 bridgehead atoms. The van der Waals surface area contributed by atoms with Crippen molar-refractivity contribution in [3.8, 4) is 6.07 Å². The van der Waals surface area contributed by atoms with Crippen LogP contribution in [0.1, 0.15) is 18.1 Å². The van der Waals surface area contributed by atoms with E-state index in [4.69, 9.17) is 10.00 Å². The van der Waals surface area contributed by atoms with Gasteiger partial charge in [0, 0.05) is 8.04 Å². The Kier molecular flexibility index (Phi) is 5.22. The standard InChI is InChI=1S/C11H9BrINO2/c1-2-16-10(15)5-7-3-8(6-14)11(12)9(13)4-7/h3-4H,2,5H2,1H3. The van der Waals surface area contributed by atoms with Gasteiger partial charge in [-0.15, -0.1) is 0 Å². The number of rotatable bonds is 3. The molecule has 0 saturated heterocycles. The van der Waals surface area contributed by atoms with Crippen LogP contribution in [-0.2, 0) is 16.0 Å². The summed E-state index contributed by atoms with van der Waals surface area (Å²) in [7, 11) is 0. The normalized spacial score (nSPS) is 9.62. The highest BCUT2D eigenvalue weighted by molar-refractivity contribution is 14.1. The fraction of sp³-hybridized carbons (Fsp3) is 0.273. The Balaban J connectivity index is 2.95. The van der Waals surface area contributed by atoms with Gasteiger partial charge in [0.2, 0.25) is 0 Å². The van der Waals surface area contributed by atoms with Crippen molar-refractivity contribution in [3.05, 3.63) is 31.3 Å². The van der Waals surface area contributed by atoms with Crippen LogP contribution in [0.4, 0.5) is 0 Å². The minimum Gasteiger partial charge on any atom is -0.466 e. The minimum atomic E-state index is -0.274. The third-order valence-electron chi connectivity index (χ3n) is 1.86. The van der Waals surface area contributed by atoms with Gasteiger partial charge < -0.3 is 4.74 Å². The Morgan fingerprint density at radius 2 is 2.31 bits per heavy atom. The molecule has 0 aromatic heterocycles. The number of nitrogens with zero attached hydrogens (tertiary/aromatic N) is 1. The highest BCUT2D eigenvalue weighted by Gasteiger charge is 2.10. The van der Waals surface area contributed by atoms with Gasteiger partial charge in [-0.3, -0.25) is 4.79 Å². The number of nitriles is 1. The summed E-state index contributed by atoms with van der Waals surface area (Å²) in [6.07, 6.45) is 0.200. The van der Waals surface area contributed by atoms with Gasteiger partial charge in [0.15, 0.2) is 0 Å². The Morgan fingerprint density at radius 3 is 2.88 bits per heavy atom. The SMILES string of the molecule is CCOC(=O)Cc1cc(I)c(Br)c(C#N)c1. The predicted octanol–water partition coefficient (Wildman–Crippen LogP) is 3.03. The van der Waals surface area contributed by atoms with Crippen LogP contribution in [0, 0.1) is 14.9 Å². The second kappa shape index (κ2) is 6.21. The maximum absolute atomic E-state index is 11.3. The van der Waals surface area contributed by atoms with Crippen LogP contribution in [0.2, 0.25) is 0 Å². The summed E-state index contributed by atoms with van der Waals surface area (Å²) in [5, 5.41) is 8.91. The first-order valence-electron chi connectivity index (χ1n) is 4.62. The molecule has 0 unspecified atom stereocenters. The van der Waals surface area contributed by atoms with Gasteiger partial charge in [0.25, 0.3) is 0 Å². The molecule has 16 heavy (non-hydrogen) atoms. The van der Waals surface area contributed by atoms with Crippen molar-refractivity contribution in [1.29, 1.82) is 5.26 Å². The van der Waals surface area contributed by atoms with Crippen LogP contribution < -0.4 is 0 Å². The molecule has 0 radical (unpaired) electrons. The first-order chi connectivity index (χ1) is 7.58. The highest BCUT2D eigenvalue weighted by Crippen LogP contribution is 2.25. The van der Waals surface area contributed by atoms with Crippen LogP contribution in [0.3, 0.4) is 0 Å². The van der Waals surface area contributed by atoms with E-state index >= 15 is 0 Å². The molecule has 1 aromatic rings. The molecule has 0 spiro atoms. The molecule has 0 heterocycles. The van der Waals surface area contributed by atoms with Crippen molar-refractivity contribution >= 4 is 44.5 Å². The monoisotopic (exact) mass is 393 g/mol. The van der Waals surface area contributed by atoms with Crippen molar-refractivity contribution in [1.82, 2.24) is 0 Å². The minimum absolute atomic E-state index is 0.200. The number of carbonyl (C=O) groups excluding carboxylic acids is 1. The van der Waals surface area contributed by atoms with E-state index in [2.05, 4.69) is 44.6 Å². The molecule has 0 amide bonds. The van der Waals surface area contributed by atoms with Crippen molar-refractivity contribution in [2.45, 2.75) is 13.3 Å². The highest BCUT2D eigenvalue weighted by atomic mass is 127. The van der Waals surface area contributed by atoms with E-state index < -0.39 is 0 Å². The smallest absolute Gasteiger partial charge is 0.310 e. The number of esters is 1. The summed E-state index contributed by atoms with van der Waals surface area (Å²) in [5.74, 6) is -0.274. The van der Waals surface area contributed by atoms with Crippen molar-refractivity contribution in [2.24, 2.45) is 0 Å². The third kappa shape index (κ3) is 3.46. The summed E-state index contributed by atoms with van der Waals surface area (Å²) in [4.78, 5) is 11.3. The van der Waals surface area contributed by atoms with E-state index in [-0.39, 0.29) is 12.4 Å². The van der Waals surface area contributed by atoms with Gasteiger partial charge >= 0.3 is 5.97 Å². The average Bonchev–Trinajstić information content (AvgIpc) is 2.23. The average molecular weight is 394 g/mol. The van der Waals surface area contributed by atoms with Crippen LogP contribution in [0.25, 0.3) is 0 Å². The number of hydrogen-bond acceptors (Lipinski definition) is 3. The second-order valence-electron chi connectivity index (χ2n) is 3.03. The topological polar surface area (TPSA) is 50.1 Å². The van der Waals surface area contributed by atoms with Crippen LogP contribution in [-0.4, -0.2) is 12.6 Å². The van der Waals surface area contributed by atoms with Gasteiger partial charge in [-0.25, -0.2) is 0 Å². The lowest BCUT2D eigenvalue weighted by atomic mass is 10.1. The summed E-state index contributed by atoms with van der Waals surface area (Å²) in [6, 6.07) is 5.64. The maximum atomic E-state index is 11.3. The molecule has 0 fully saturated rings. The fourth-order valence-electron chi connectivity index (χ4n) is 1.21. The number of hydrogen-bond donors (Lipinski definition) is 0. The summed E-state index contributed by atoms with van der Waals surface area (Å²) < 4.78 is 6.53. The van der Waals surface area contributed by atoms with Crippen molar-refractivity contribution in [2.75, 3.05) is 6.61 Å². The maximum Gasteiger partial charge on any atom is 0.310 e. The summed E-state index contributed by atoms with van der Waals surface area (Å²) >= 11 is 5.44. The third-order valence-corrected chi connectivity index (χ3v) is 4.31. The van der Waals surface area contributed by atoms with E-state index in [1.807, 2.05) is 6.07 Å². The van der Waals surface area contributed by atoms with Gasteiger partial charge in [0.1, 0.15) is 6.07 Å². The quantitative estimate of drug-likeness (QED) is 0.585. The molecule has 0 aliphatic rings. The first-order valence-corrected chi connectivity index (χ1v) is 6.49. The molecule has 0 saturated carbocycles. The molecule has 84 valence electrons. The molecular formula is C11H9BrINO2. The second-order valence-corrected chi connectivity index (χ2v) is 4.99. The fourth-order valence-corrected chi connectivity index (χ4v) is 2.22. The van der Waals surface area contributed by atoms with Gasteiger partial charge in [0.05, 0.1) is 18.6 Å². The van der Waals surface area contributed by atoms with Gasteiger partial charge in [-0.1, -0.05) is 0 Å². The van der Waals surface area contributed by atoms with Gasteiger partial charge in [-0.2, -0.15) is 5.26 Å². The zero-order valence-corrected chi connectivity index (χ0v) is 12.3. The van der Waals surface area contributed by atoms with E-state index in [1.165, 1.54) is 0 Å². The lowest BCUT2D eigenvalue weighted by molar-refractivity contribution is -0.142. The van der Waals surface area contributed by atoms with Crippen LogP contribution in [0.15, 0.2) is 16.6 Å². The summed E-state index contributed by atoms with van der Waals surface area (Å²) in [5.41, 5.74) is 1.33. The Bertz CT molecular complexity index is 454. The van der Waals surface area contributed by atoms with Crippen molar-refractivity contribution in [3.63, 3.8) is 0 Å². The molecule has 1 aromatic carbocycles. The molecule has 1 rings (SSSR count). The Hall–Kier alpha value is -0.610. The molecule has 0 aliphatic heterocycles. The van der Waals surface area contributed by atoms with E-state index in [1.54, 1.807) is 13.0 Å². The van der Waals surface area contributed by atoms with E-state index in [0.717, 1.165) is 13.6 Å². The Labute approximate surface area is 116 Å². The van der Waals surface area contributed by atoms with Crippen LogP contribution >= 0.6 is 38.5 Å². The molecule has 0 aliphatic carbocycles. The molecule has 0 atom stereocenters. The number of benzene rings is 1. The zero-order valence-electron chi connectivity index (χ0n) is 8.59. The van der Waals surface area contributed by atoms with E-state index in [9.17, 15) is 4.79 Å². The number of ether oxygens (including phenoxy) is 1. The largest absolute Gasteiger partial charge is 0.466 e. The zero-order chi connectivity index (χ0) is 12.1. The van der Waals surface area contributed by atoms with Gasteiger partial charge in [-0.05, 0) is 63.1 Å². The molecular weight excluding hydrogens is 385 g/mol. The van der Waals surface area contributed by atoms with E-state index in [0.29, 0.717) is 12.2 Å². The predicted molar refractivity (Wildman–Crippen MR) is 71.9 cm³/mol. The first kappa shape index (κ1) is 13.5. The van der Waals surface area contributed by atoms with Crippen molar-refractivity contribution < 1.29 is 9.53 Å². The molecule has 3 nitrogen and oxygen atoms in total. The van der Waals surface area contributed by atoms with Crippen LogP contribution in [0.5, 0.6) is 0 Å². The number of halogens is 2. The lowest BCUT2D eigenvalue weighted by Crippen LogP contribution is -2.08. The summed E-state index contributed by atoms with van der Waals surface area (Å²) in [6.45, 7) is 2.14. The lowest BCUT2D eigenvalue weighted by Gasteiger charge is -2.05. The number of carbonyl (C=O) groups is 1.